The quantitative estimate of drug-likeness (QED) is 0.885. The van der Waals surface area contributed by atoms with Gasteiger partial charge in [-0.1, -0.05) is 6.07 Å². The molecular weight excluding hydrogens is 354 g/mol. The molecule has 1 aromatic carbocycles. The van der Waals surface area contributed by atoms with E-state index in [4.69, 9.17) is 4.74 Å². The summed E-state index contributed by atoms with van der Waals surface area (Å²) < 4.78 is 14.0. The molecule has 7 nitrogen and oxygen atoms in total. The van der Waals surface area contributed by atoms with Gasteiger partial charge in [-0.05, 0) is 37.5 Å². The molecule has 0 bridgehead atoms. The topological polar surface area (TPSA) is 92.6 Å². The van der Waals surface area contributed by atoms with Crippen molar-refractivity contribution in [2.45, 2.75) is 38.2 Å². The zero-order valence-electron chi connectivity index (χ0n) is 14.3. The molecule has 136 valence electrons. The number of benzene rings is 1. The highest BCUT2D eigenvalue weighted by Gasteiger charge is 2.37. The van der Waals surface area contributed by atoms with Gasteiger partial charge in [0.05, 0.1) is 30.0 Å². The van der Waals surface area contributed by atoms with Crippen LogP contribution in [0.25, 0.3) is 11.0 Å². The molecule has 2 aliphatic rings. The molecule has 0 spiro atoms. The number of carbonyl (C=O) groups is 2. The number of amides is 1. The Bertz CT molecular complexity index is 901. The molecule has 3 heterocycles. The SMILES string of the molecule is CC1=C(C(=O)O)[C@H](c2ccc3nsnc3c2)CC(=O)N1C[C@@H]1CCCO1. The predicted octanol–water partition coefficient (Wildman–Crippen LogP) is 2.54. The van der Waals surface area contributed by atoms with E-state index in [1.165, 1.54) is 0 Å². The van der Waals surface area contributed by atoms with Gasteiger partial charge in [0.1, 0.15) is 11.0 Å². The molecule has 0 radical (unpaired) electrons. The van der Waals surface area contributed by atoms with E-state index in [-0.39, 0.29) is 24.0 Å². The van der Waals surface area contributed by atoms with Crippen molar-refractivity contribution in [2.75, 3.05) is 13.2 Å². The molecule has 0 unspecified atom stereocenters. The Hall–Kier alpha value is -2.32. The van der Waals surface area contributed by atoms with E-state index in [1.54, 1.807) is 11.8 Å². The molecule has 2 aromatic rings. The molecule has 1 fully saturated rings. The number of hydrogen-bond donors (Lipinski definition) is 1. The fraction of sp³-hybridized carbons (Fsp3) is 0.444. The van der Waals surface area contributed by atoms with Gasteiger partial charge in [-0.25, -0.2) is 4.79 Å². The van der Waals surface area contributed by atoms with Crippen LogP contribution in [0, 0.1) is 0 Å². The van der Waals surface area contributed by atoms with Gasteiger partial charge in [0.2, 0.25) is 5.91 Å². The van der Waals surface area contributed by atoms with Gasteiger partial charge >= 0.3 is 5.97 Å². The zero-order valence-corrected chi connectivity index (χ0v) is 15.2. The molecule has 0 aliphatic carbocycles. The Morgan fingerprint density at radius 3 is 2.92 bits per heavy atom. The van der Waals surface area contributed by atoms with Gasteiger partial charge in [-0.2, -0.15) is 8.75 Å². The number of carbonyl (C=O) groups excluding carboxylic acids is 1. The van der Waals surface area contributed by atoms with Crippen molar-refractivity contribution in [1.82, 2.24) is 13.6 Å². The fourth-order valence-corrected chi connectivity index (χ4v) is 4.32. The van der Waals surface area contributed by atoms with Gasteiger partial charge in [0.15, 0.2) is 0 Å². The fourth-order valence-electron chi connectivity index (χ4n) is 3.81. The summed E-state index contributed by atoms with van der Waals surface area (Å²) in [4.78, 5) is 26.4. The molecule has 1 saturated heterocycles. The van der Waals surface area contributed by atoms with Crippen molar-refractivity contribution in [3.05, 3.63) is 35.0 Å². The highest BCUT2D eigenvalue weighted by Crippen LogP contribution is 2.37. The van der Waals surface area contributed by atoms with Crippen LogP contribution in [0.1, 0.15) is 37.7 Å². The smallest absolute Gasteiger partial charge is 0.333 e. The third-order valence-electron chi connectivity index (χ3n) is 5.14. The number of nitrogens with zero attached hydrogens (tertiary/aromatic N) is 3. The van der Waals surface area contributed by atoms with Crippen LogP contribution in [0.3, 0.4) is 0 Å². The Morgan fingerprint density at radius 1 is 1.38 bits per heavy atom. The summed E-state index contributed by atoms with van der Waals surface area (Å²) >= 11 is 1.12. The van der Waals surface area contributed by atoms with Crippen LogP contribution in [-0.2, 0) is 14.3 Å². The second-order valence-corrected chi connectivity index (χ2v) is 7.24. The number of aromatic nitrogens is 2. The minimum atomic E-state index is -0.992. The van der Waals surface area contributed by atoms with Crippen molar-refractivity contribution in [3.8, 4) is 0 Å². The van der Waals surface area contributed by atoms with Crippen molar-refractivity contribution in [1.29, 1.82) is 0 Å². The highest BCUT2D eigenvalue weighted by molar-refractivity contribution is 7.00. The first-order valence-corrected chi connectivity index (χ1v) is 9.36. The minimum absolute atomic E-state index is 0.0158. The first-order chi connectivity index (χ1) is 12.5. The van der Waals surface area contributed by atoms with Gasteiger partial charge in [-0.15, -0.1) is 0 Å². The molecule has 2 atom stereocenters. The average Bonchev–Trinajstić information content (AvgIpc) is 3.28. The molecule has 1 aromatic heterocycles. The van der Waals surface area contributed by atoms with Crippen molar-refractivity contribution < 1.29 is 19.4 Å². The maximum atomic E-state index is 12.8. The molecule has 2 aliphatic heterocycles. The van der Waals surface area contributed by atoms with Gasteiger partial charge in [-0.3, -0.25) is 4.79 Å². The summed E-state index contributed by atoms with van der Waals surface area (Å²) in [6.07, 6.45) is 1.99. The monoisotopic (exact) mass is 373 g/mol. The number of ether oxygens (including phenoxy) is 1. The Balaban J connectivity index is 1.71. The lowest BCUT2D eigenvalue weighted by molar-refractivity contribution is -0.135. The standard InChI is InChI=1S/C18H19N3O4S/c1-10-17(18(23)24)13(11-4-5-14-15(7-11)20-26-19-14)8-16(22)21(10)9-12-3-2-6-25-12/h4-5,7,12-13H,2-3,6,8-9H2,1H3,(H,23,24)/t12-,13-/m0/s1. The molecule has 26 heavy (non-hydrogen) atoms. The number of fused-ring (bicyclic) bond motifs is 1. The molecule has 1 amide bonds. The molecule has 8 heteroatoms. The Kier molecular flexibility index (Phi) is 4.46. The van der Waals surface area contributed by atoms with Crippen LogP contribution in [0.4, 0.5) is 0 Å². The van der Waals surface area contributed by atoms with Crippen molar-refractivity contribution in [3.63, 3.8) is 0 Å². The number of aliphatic carboxylic acids is 1. The van der Waals surface area contributed by atoms with Crippen molar-refractivity contribution >= 4 is 34.6 Å². The maximum Gasteiger partial charge on any atom is 0.333 e. The van der Waals surface area contributed by atoms with E-state index in [0.717, 1.165) is 41.2 Å². The van der Waals surface area contributed by atoms with Gasteiger partial charge in [0.25, 0.3) is 0 Å². The number of hydrogen-bond acceptors (Lipinski definition) is 6. The number of carboxylic acid groups (broad SMARTS) is 1. The third kappa shape index (κ3) is 2.99. The first kappa shape index (κ1) is 17.1. The van der Waals surface area contributed by atoms with Crippen LogP contribution >= 0.6 is 11.7 Å². The van der Waals surface area contributed by atoms with E-state index >= 15 is 0 Å². The second-order valence-electron chi connectivity index (χ2n) is 6.71. The van der Waals surface area contributed by atoms with Crippen LogP contribution < -0.4 is 0 Å². The number of carboxylic acids is 1. The summed E-state index contributed by atoms with van der Waals surface area (Å²) in [5, 5.41) is 9.83. The van der Waals surface area contributed by atoms with E-state index in [2.05, 4.69) is 8.75 Å². The number of rotatable bonds is 4. The lowest BCUT2D eigenvalue weighted by atomic mass is 9.83. The lowest BCUT2D eigenvalue weighted by Gasteiger charge is -2.35. The van der Waals surface area contributed by atoms with E-state index in [9.17, 15) is 14.7 Å². The Labute approximate surface area is 154 Å². The molecule has 1 N–H and O–H groups in total. The normalized spacial score (nSPS) is 23.9. The summed E-state index contributed by atoms with van der Waals surface area (Å²) in [5.41, 5.74) is 3.06. The predicted molar refractivity (Wildman–Crippen MR) is 95.8 cm³/mol. The highest BCUT2D eigenvalue weighted by atomic mass is 32.1. The van der Waals surface area contributed by atoms with Crippen LogP contribution in [0.2, 0.25) is 0 Å². The van der Waals surface area contributed by atoms with E-state index in [1.807, 2.05) is 18.2 Å². The summed E-state index contributed by atoms with van der Waals surface area (Å²) in [6.45, 7) is 2.83. The molecular formula is C18H19N3O4S. The van der Waals surface area contributed by atoms with Gasteiger partial charge < -0.3 is 14.7 Å². The number of allylic oxidation sites excluding steroid dienone is 1. The largest absolute Gasteiger partial charge is 0.478 e. The maximum absolute atomic E-state index is 12.8. The van der Waals surface area contributed by atoms with Crippen molar-refractivity contribution in [2.24, 2.45) is 0 Å². The minimum Gasteiger partial charge on any atom is -0.478 e. The average molecular weight is 373 g/mol. The summed E-state index contributed by atoms with van der Waals surface area (Å²) in [5.74, 6) is -1.54. The first-order valence-electron chi connectivity index (χ1n) is 8.63. The summed E-state index contributed by atoms with van der Waals surface area (Å²) in [6, 6.07) is 5.50. The van der Waals surface area contributed by atoms with Crippen LogP contribution in [-0.4, -0.2) is 49.9 Å². The molecule has 4 rings (SSSR count). The van der Waals surface area contributed by atoms with Crippen LogP contribution in [0.15, 0.2) is 29.5 Å². The zero-order chi connectivity index (χ0) is 18.3. The van der Waals surface area contributed by atoms with E-state index < -0.39 is 11.9 Å². The van der Waals surface area contributed by atoms with Gasteiger partial charge in [0, 0.05) is 24.6 Å². The second kappa shape index (κ2) is 6.77. The summed E-state index contributed by atoms with van der Waals surface area (Å²) in [7, 11) is 0. The lowest BCUT2D eigenvalue weighted by Crippen LogP contribution is -2.41. The third-order valence-corrected chi connectivity index (χ3v) is 5.70. The van der Waals surface area contributed by atoms with E-state index in [0.29, 0.717) is 18.8 Å². The molecule has 0 saturated carbocycles. The Morgan fingerprint density at radius 2 is 2.19 bits per heavy atom. The van der Waals surface area contributed by atoms with Crippen LogP contribution in [0.5, 0.6) is 0 Å².